The minimum atomic E-state index is -0.238. The van der Waals surface area contributed by atoms with Gasteiger partial charge in [-0.1, -0.05) is 38.1 Å². The van der Waals surface area contributed by atoms with Crippen molar-refractivity contribution in [1.82, 2.24) is 10.6 Å². The summed E-state index contributed by atoms with van der Waals surface area (Å²) in [5.74, 6) is 0.835. The van der Waals surface area contributed by atoms with Crippen molar-refractivity contribution >= 4 is 11.8 Å². The molecule has 0 spiro atoms. The monoisotopic (exact) mass is 398 g/mol. The van der Waals surface area contributed by atoms with Gasteiger partial charge in [0.05, 0.1) is 0 Å². The van der Waals surface area contributed by atoms with Crippen LogP contribution in [0.3, 0.4) is 0 Å². The number of benzene rings is 2. The number of hydrogen-bond acceptors (Lipinski definition) is 4. The van der Waals surface area contributed by atoms with Gasteiger partial charge in [0, 0.05) is 12.6 Å². The molecule has 0 aliphatic rings. The zero-order valence-electron chi connectivity index (χ0n) is 17.4. The van der Waals surface area contributed by atoms with Gasteiger partial charge in [0.2, 0.25) is 0 Å². The fourth-order valence-corrected chi connectivity index (χ4v) is 2.63. The normalized spacial score (nSPS) is 11.4. The third-order valence-corrected chi connectivity index (χ3v) is 4.42. The lowest BCUT2D eigenvalue weighted by molar-refractivity contribution is -0.125. The highest BCUT2D eigenvalue weighted by atomic mass is 16.5. The summed E-state index contributed by atoms with van der Waals surface area (Å²) in [6.45, 7) is 6.16. The van der Waals surface area contributed by atoms with Crippen LogP contribution in [0.15, 0.2) is 48.5 Å². The third-order valence-electron chi connectivity index (χ3n) is 4.42. The first-order valence-electron chi connectivity index (χ1n) is 9.99. The average Bonchev–Trinajstić information content (AvgIpc) is 2.75. The molecule has 2 rings (SSSR count). The Bertz CT molecular complexity index is 772. The van der Waals surface area contributed by atoms with E-state index in [4.69, 9.17) is 9.47 Å². The fourth-order valence-electron chi connectivity index (χ4n) is 2.63. The van der Waals surface area contributed by atoms with Crippen LogP contribution in [0.4, 0.5) is 0 Å². The number of aryl methyl sites for hydroxylation is 2. The lowest BCUT2D eigenvalue weighted by atomic mass is 10.2. The molecule has 6 heteroatoms. The Morgan fingerprint density at radius 1 is 0.793 bits per heavy atom. The Morgan fingerprint density at radius 3 is 1.69 bits per heavy atom. The van der Waals surface area contributed by atoms with Crippen LogP contribution >= 0.6 is 0 Å². The number of carbonyl (C=O) groups excluding carboxylic acids is 2. The molecular formula is C23H30N2O4. The molecule has 0 bridgehead atoms. The Kier molecular flexibility index (Phi) is 9.02. The number of ether oxygens (including phenoxy) is 2. The van der Waals surface area contributed by atoms with Crippen LogP contribution in [0.5, 0.6) is 11.5 Å². The zero-order chi connectivity index (χ0) is 21.1. The second-order valence-corrected chi connectivity index (χ2v) is 6.84. The fraction of sp³-hybridized carbons (Fsp3) is 0.391. The zero-order valence-corrected chi connectivity index (χ0v) is 17.4. The summed E-state index contributed by atoms with van der Waals surface area (Å²) >= 11 is 0. The molecule has 2 aromatic carbocycles. The second kappa shape index (κ2) is 11.7. The van der Waals surface area contributed by atoms with E-state index in [0.29, 0.717) is 18.0 Å². The molecule has 156 valence electrons. The van der Waals surface area contributed by atoms with Gasteiger partial charge in [0.1, 0.15) is 11.5 Å². The maximum atomic E-state index is 12.0. The van der Waals surface area contributed by atoms with Gasteiger partial charge in [-0.25, -0.2) is 0 Å². The molecule has 0 saturated carbocycles. The van der Waals surface area contributed by atoms with Crippen molar-refractivity contribution in [1.29, 1.82) is 0 Å². The van der Waals surface area contributed by atoms with E-state index in [1.165, 1.54) is 11.1 Å². The van der Waals surface area contributed by atoms with Crippen LogP contribution < -0.4 is 20.1 Å². The minimum Gasteiger partial charge on any atom is -0.484 e. The number of carbonyl (C=O) groups is 2. The lowest BCUT2D eigenvalue weighted by Gasteiger charge is -2.15. The van der Waals surface area contributed by atoms with E-state index in [1.807, 2.05) is 55.5 Å². The van der Waals surface area contributed by atoms with Gasteiger partial charge < -0.3 is 20.1 Å². The second-order valence-electron chi connectivity index (χ2n) is 6.84. The Hall–Kier alpha value is -3.02. The largest absolute Gasteiger partial charge is 0.484 e. The van der Waals surface area contributed by atoms with Crippen molar-refractivity contribution < 1.29 is 19.1 Å². The van der Waals surface area contributed by atoms with E-state index in [2.05, 4.69) is 24.5 Å². The van der Waals surface area contributed by atoms with Crippen LogP contribution in [-0.2, 0) is 22.4 Å². The lowest BCUT2D eigenvalue weighted by Crippen LogP contribution is -2.44. The summed E-state index contributed by atoms with van der Waals surface area (Å²) in [6, 6.07) is 15.1. The number of hydrogen-bond donors (Lipinski definition) is 2. The highest BCUT2D eigenvalue weighted by molar-refractivity contribution is 5.79. The van der Waals surface area contributed by atoms with Crippen molar-refractivity contribution in [2.75, 3.05) is 19.8 Å². The molecule has 0 aliphatic heterocycles. The van der Waals surface area contributed by atoms with E-state index in [0.717, 1.165) is 12.8 Å². The molecule has 0 aliphatic carbocycles. The smallest absolute Gasteiger partial charge is 0.258 e. The quantitative estimate of drug-likeness (QED) is 0.610. The molecule has 2 amide bonds. The maximum absolute atomic E-state index is 12.0. The molecule has 0 heterocycles. The van der Waals surface area contributed by atoms with Gasteiger partial charge in [-0.3, -0.25) is 9.59 Å². The molecule has 0 unspecified atom stereocenters. The Morgan fingerprint density at radius 2 is 1.24 bits per heavy atom. The first kappa shape index (κ1) is 22.3. The first-order valence-corrected chi connectivity index (χ1v) is 9.99. The van der Waals surface area contributed by atoms with Gasteiger partial charge in [0.15, 0.2) is 13.2 Å². The predicted octanol–water partition coefficient (Wildman–Crippen LogP) is 2.89. The average molecular weight is 399 g/mol. The SMILES string of the molecule is CCc1ccc(OCC(=O)NC[C@H](C)NC(=O)COc2ccc(CC)cc2)cc1. The van der Waals surface area contributed by atoms with E-state index in [9.17, 15) is 9.59 Å². The van der Waals surface area contributed by atoms with Crippen LogP contribution in [0.2, 0.25) is 0 Å². The Balaban J connectivity index is 1.62. The first-order chi connectivity index (χ1) is 14.0. The van der Waals surface area contributed by atoms with Gasteiger partial charge in [0.25, 0.3) is 11.8 Å². The molecule has 0 fully saturated rings. The molecular weight excluding hydrogens is 368 g/mol. The van der Waals surface area contributed by atoms with Crippen LogP contribution in [0.25, 0.3) is 0 Å². The molecule has 1 atom stereocenters. The topological polar surface area (TPSA) is 76.7 Å². The van der Waals surface area contributed by atoms with Crippen molar-refractivity contribution in [3.8, 4) is 11.5 Å². The van der Waals surface area contributed by atoms with Crippen LogP contribution in [0, 0.1) is 0 Å². The summed E-state index contributed by atoms with van der Waals surface area (Å²) in [6.07, 6.45) is 1.92. The number of rotatable bonds is 11. The number of nitrogens with one attached hydrogen (secondary N) is 2. The minimum absolute atomic E-state index is 0.0665. The Labute approximate surface area is 172 Å². The number of amides is 2. The summed E-state index contributed by atoms with van der Waals surface area (Å²) in [5, 5.41) is 5.54. The molecule has 6 nitrogen and oxygen atoms in total. The van der Waals surface area contributed by atoms with E-state index in [1.54, 1.807) is 0 Å². The van der Waals surface area contributed by atoms with E-state index in [-0.39, 0.29) is 31.1 Å². The van der Waals surface area contributed by atoms with Crippen LogP contribution in [0.1, 0.15) is 31.9 Å². The van der Waals surface area contributed by atoms with Gasteiger partial charge in [-0.05, 0) is 55.2 Å². The highest BCUT2D eigenvalue weighted by Crippen LogP contribution is 2.13. The van der Waals surface area contributed by atoms with Crippen molar-refractivity contribution in [3.05, 3.63) is 59.7 Å². The van der Waals surface area contributed by atoms with Gasteiger partial charge in [-0.15, -0.1) is 0 Å². The molecule has 0 saturated heterocycles. The standard InChI is InChI=1S/C23H30N2O4/c1-4-18-6-10-20(11-7-18)28-15-22(26)24-14-17(3)25-23(27)16-29-21-12-8-19(5-2)9-13-21/h6-13,17H,4-5,14-16H2,1-3H3,(H,24,26)(H,25,27)/t17-/m0/s1. The molecule has 29 heavy (non-hydrogen) atoms. The van der Waals surface area contributed by atoms with Crippen molar-refractivity contribution in [3.63, 3.8) is 0 Å². The van der Waals surface area contributed by atoms with Crippen molar-refractivity contribution in [2.45, 2.75) is 39.7 Å². The van der Waals surface area contributed by atoms with Crippen LogP contribution in [-0.4, -0.2) is 37.6 Å². The molecule has 2 aromatic rings. The maximum Gasteiger partial charge on any atom is 0.258 e. The molecule has 0 aromatic heterocycles. The third kappa shape index (κ3) is 8.25. The molecule has 0 radical (unpaired) electrons. The highest BCUT2D eigenvalue weighted by Gasteiger charge is 2.10. The molecule has 2 N–H and O–H groups in total. The summed E-state index contributed by atoms with van der Waals surface area (Å²) in [4.78, 5) is 23.9. The summed E-state index contributed by atoms with van der Waals surface area (Å²) in [5.41, 5.74) is 2.43. The van der Waals surface area contributed by atoms with E-state index < -0.39 is 0 Å². The summed E-state index contributed by atoms with van der Waals surface area (Å²) < 4.78 is 10.9. The van der Waals surface area contributed by atoms with Crippen molar-refractivity contribution in [2.24, 2.45) is 0 Å². The van der Waals surface area contributed by atoms with Gasteiger partial charge >= 0.3 is 0 Å². The van der Waals surface area contributed by atoms with E-state index >= 15 is 0 Å². The van der Waals surface area contributed by atoms with Gasteiger partial charge in [-0.2, -0.15) is 0 Å². The predicted molar refractivity (Wildman–Crippen MR) is 113 cm³/mol. The summed E-state index contributed by atoms with van der Waals surface area (Å²) in [7, 11) is 0.